The number of benzene rings is 3. The highest BCUT2D eigenvalue weighted by molar-refractivity contribution is 5.93. The van der Waals surface area contributed by atoms with Gasteiger partial charge in [0.15, 0.2) is 6.29 Å². The van der Waals surface area contributed by atoms with Gasteiger partial charge in [0.1, 0.15) is 0 Å². The van der Waals surface area contributed by atoms with Crippen LogP contribution in [0.25, 0.3) is 11.1 Å². The molecule has 8 heteroatoms. The van der Waals surface area contributed by atoms with E-state index in [1.807, 2.05) is 30.3 Å². The molecule has 3 fully saturated rings. The highest BCUT2D eigenvalue weighted by Crippen LogP contribution is 2.39. The summed E-state index contributed by atoms with van der Waals surface area (Å²) >= 11 is 0. The average Bonchev–Trinajstić information content (AvgIpc) is 3.83. The van der Waals surface area contributed by atoms with Crippen LogP contribution in [-0.2, 0) is 22.6 Å². The molecule has 8 nitrogen and oxygen atoms in total. The zero-order valence-electron chi connectivity index (χ0n) is 27.5. The van der Waals surface area contributed by atoms with Crippen LogP contribution in [0, 0.1) is 0 Å². The van der Waals surface area contributed by atoms with Crippen LogP contribution in [0.4, 0.5) is 0 Å². The molecule has 1 amide bonds. The van der Waals surface area contributed by atoms with Crippen LogP contribution in [0.3, 0.4) is 0 Å². The maximum Gasteiger partial charge on any atom is 0.253 e. The van der Waals surface area contributed by atoms with E-state index in [1.54, 1.807) is 24.5 Å². The summed E-state index contributed by atoms with van der Waals surface area (Å²) in [6.07, 6.45) is 8.60. The maximum absolute atomic E-state index is 12.7. The number of nitrogens with zero attached hydrogens (tertiary/aromatic N) is 3. The summed E-state index contributed by atoms with van der Waals surface area (Å²) < 4.78 is 13.4. The lowest BCUT2D eigenvalue weighted by molar-refractivity contribution is -0.253. The predicted octanol–water partition coefficient (Wildman–Crippen LogP) is 6.28. The Labute approximate surface area is 283 Å². The number of hydrogen-bond donors (Lipinski definition) is 2. The normalized spacial score (nSPS) is 23.4. The molecule has 3 aliphatic heterocycles. The van der Waals surface area contributed by atoms with Crippen molar-refractivity contribution in [3.8, 4) is 11.1 Å². The van der Waals surface area contributed by atoms with Crippen molar-refractivity contribution in [3.05, 3.63) is 125 Å². The van der Waals surface area contributed by atoms with Gasteiger partial charge in [-0.15, -0.1) is 0 Å². The van der Waals surface area contributed by atoms with E-state index < -0.39 is 6.29 Å². The molecular formula is C40H46N4O4. The third kappa shape index (κ3) is 7.86. The van der Waals surface area contributed by atoms with Gasteiger partial charge in [-0.2, -0.15) is 0 Å². The Bertz CT molecular complexity index is 1630. The second kappa shape index (κ2) is 15.5. The minimum absolute atomic E-state index is 0.0277. The molecule has 3 aromatic carbocycles. The largest absolute Gasteiger partial charge is 0.392 e. The number of rotatable bonds is 11. The van der Waals surface area contributed by atoms with Gasteiger partial charge < -0.3 is 24.8 Å². The highest BCUT2D eigenvalue weighted by atomic mass is 16.7. The molecule has 250 valence electrons. The monoisotopic (exact) mass is 646 g/mol. The fourth-order valence-electron chi connectivity index (χ4n) is 7.45. The number of ether oxygens (including phenoxy) is 2. The first-order valence-corrected chi connectivity index (χ1v) is 17.5. The number of aromatic nitrogens is 1. The fourth-order valence-corrected chi connectivity index (χ4v) is 7.45. The highest BCUT2D eigenvalue weighted by Gasteiger charge is 2.36. The van der Waals surface area contributed by atoms with Gasteiger partial charge in [-0.3, -0.25) is 14.7 Å². The molecular weight excluding hydrogens is 600 g/mol. The lowest BCUT2D eigenvalue weighted by Crippen LogP contribution is -2.45. The Kier molecular flexibility index (Phi) is 10.6. The lowest BCUT2D eigenvalue weighted by Gasteiger charge is -2.39. The van der Waals surface area contributed by atoms with Crippen molar-refractivity contribution in [1.29, 1.82) is 0 Å². The number of likely N-dealkylation sites (tertiary alicyclic amines) is 2. The smallest absolute Gasteiger partial charge is 0.253 e. The van der Waals surface area contributed by atoms with Gasteiger partial charge in [0.05, 0.1) is 24.4 Å². The summed E-state index contributed by atoms with van der Waals surface area (Å²) in [6, 6.07) is 28.8. The van der Waals surface area contributed by atoms with Crippen LogP contribution in [-0.4, -0.2) is 70.7 Å². The number of amides is 1. The van der Waals surface area contributed by atoms with Gasteiger partial charge in [0, 0.05) is 50.1 Å². The number of pyridine rings is 1. The molecule has 4 aromatic rings. The van der Waals surface area contributed by atoms with Gasteiger partial charge >= 0.3 is 0 Å². The lowest BCUT2D eigenvalue weighted by atomic mass is 9.97. The molecule has 1 aromatic heterocycles. The van der Waals surface area contributed by atoms with Gasteiger partial charge in [0.25, 0.3) is 5.91 Å². The standard InChI is InChI=1S/C40H46N4O4/c45-28-29-11-13-31(14-12-29)38-23-36(27-44-22-6-9-35(44)26-43-20-3-4-21-43)47-40(48-38)32-17-15-30(16-18-32)37-10-2-1-7-33(37)25-42-39(46)34-8-5-19-41-24-34/h1-2,5,7-8,10-19,24,35-36,38,40,45H,3-4,6,9,20-23,25-28H2,(H,42,46)/t35-,36+,38-,40-/m0/s1. The second-order valence-electron chi connectivity index (χ2n) is 13.4. The summed E-state index contributed by atoms with van der Waals surface area (Å²) in [7, 11) is 0. The first kappa shape index (κ1) is 32.6. The van der Waals surface area contributed by atoms with Crippen LogP contribution < -0.4 is 5.32 Å². The summed E-state index contributed by atoms with van der Waals surface area (Å²) in [5, 5.41) is 12.6. The Morgan fingerprint density at radius 3 is 2.42 bits per heavy atom. The predicted molar refractivity (Wildman–Crippen MR) is 186 cm³/mol. The van der Waals surface area contributed by atoms with E-state index in [-0.39, 0.29) is 24.7 Å². The van der Waals surface area contributed by atoms with Crippen LogP contribution in [0.1, 0.15) is 77.1 Å². The maximum atomic E-state index is 12.7. The molecule has 2 N–H and O–H groups in total. The Balaban J connectivity index is 1.07. The number of hydrogen-bond acceptors (Lipinski definition) is 7. The van der Waals surface area contributed by atoms with Gasteiger partial charge in [-0.05, 0) is 85.3 Å². The van der Waals surface area contributed by atoms with Gasteiger partial charge in [-0.25, -0.2) is 0 Å². The fraction of sp³-hybridized carbons (Fsp3) is 0.400. The summed E-state index contributed by atoms with van der Waals surface area (Å²) in [4.78, 5) is 22.0. The Morgan fingerprint density at radius 1 is 0.854 bits per heavy atom. The van der Waals surface area contributed by atoms with Crippen molar-refractivity contribution in [2.45, 2.75) is 69.8 Å². The minimum atomic E-state index is -0.492. The number of carbonyl (C=O) groups is 1. The first-order valence-electron chi connectivity index (χ1n) is 17.5. The first-order chi connectivity index (χ1) is 23.6. The molecule has 48 heavy (non-hydrogen) atoms. The zero-order valence-corrected chi connectivity index (χ0v) is 27.5. The zero-order chi connectivity index (χ0) is 32.7. The Morgan fingerprint density at radius 2 is 1.65 bits per heavy atom. The molecule has 3 aliphatic rings. The van der Waals surface area contributed by atoms with Crippen LogP contribution in [0.5, 0.6) is 0 Å². The number of carbonyl (C=O) groups excluding carboxylic acids is 1. The van der Waals surface area contributed by atoms with Crippen LogP contribution >= 0.6 is 0 Å². The summed E-state index contributed by atoms with van der Waals surface area (Å²) in [5.74, 6) is -0.147. The molecule has 0 spiro atoms. The molecule has 4 atom stereocenters. The van der Waals surface area contributed by atoms with E-state index >= 15 is 0 Å². The van der Waals surface area contributed by atoms with Crippen molar-refractivity contribution in [2.75, 3.05) is 32.7 Å². The third-order valence-corrected chi connectivity index (χ3v) is 10.1. The minimum Gasteiger partial charge on any atom is -0.392 e. The van der Waals surface area contributed by atoms with Gasteiger partial charge in [0.2, 0.25) is 0 Å². The number of aliphatic hydroxyl groups is 1. The summed E-state index contributed by atoms with van der Waals surface area (Å²) in [5.41, 5.74) is 6.70. The van der Waals surface area contributed by atoms with E-state index in [1.165, 1.54) is 38.8 Å². The van der Waals surface area contributed by atoms with Crippen molar-refractivity contribution >= 4 is 5.91 Å². The second-order valence-corrected chi connectivity index (χ2v) is 13.4. The van der Waals surface area contributed by atoms with Crippen molar-refractivity contribution in [3.63, 3.8) is 0 Å². The molecule has 3 saturated heterocycles. The average molecular weight is 647 g/mol. The molecule has 0 bridgehead atoms. The van der Waals surface area contributed by atoms with Crippen LogP contribution in [0.15, 0.2) is 97.3 Å². The van der Waals surface area contributed by atoms with Crippen LogP contribution in [0.2, 0.25) is 0 Å². The number of aliphatic hydroxyl groups excluding tert-OH is 1. The SMILES string of the molecule is O=C(NCc1ccccc1-c1ccc([C@H]2O[C@@H](CN3CCC[C@H]3CN3CCCC3)C[C@@H](c3ccc(CO)cc3)O2)cc1)c1cccnc1. The van der Waals surface area contributed by atoms with E-state index in [2.05, 4.69) is 62.6 Å². The van der Waals surface area contributed by atoms with Gasteiger partial charge in [-0.1, -0.05) is 72.8 Å². The van der Waals surface area contributed by atoms with Crippen molar-refractivity contribution in [1.82, 2.24) is 20.1 Å². The van der Waals surface area contributed by atoms with E-state index in [9.17, 15) is 9.90 Å². The molecule has 0 radical (unpaired) electrons. The van der Waals surface area contributed by atoms with E-state index in [0.29, 0.717) is 18.2 Å². The molecule has 4 heterocycles. The van der Waals surface area contributed by atoms with Crippen molar-refractivity contribution in [2.24, 2.45) is 0 Å². The molecule has 0 saturated carbocycles. The molecule has 7 rings (SSSR count). The third-order valence-electron chi connectivity index (χ3n) is 10.1. The topological polar surface area (TPSA) is 87.2 Å². The Hall–Kier alpha value is -3.92. The van der Waals surface area contributed by atoms with Crippen molar-refractivity contribution < 1.29 is 19.4 Å². The quantitative estimate of drug-likeness (QED) is 0.199. The molecule has 0 aliphatic carbocycles. The molecule has 0 unspecified atom stereocenters. The number of nitrogens with one attached hydrogen (secondary N) is 1. The summed E-state index contributed by atoms with van der Waals surface area (Å²) in [6.45, 7) is 6.08. The van der Waals surface area contributed by atoms with E-state index in [4.69, 9.17) is 9.47 Å². The van der Waals surface area contributed by atoms with E-state index in [0.717, 1.165) is 59.4 Å².